The van der Waals surface area contributed by atoms with E-state index in [9.17, 15) is 4.79 Å². The molecule has 0 atom stereocenters. The van der Waals surface area contributed by atoms with E-state index in [1.165, 1.54) is 0 Å². The van der Waals surface area contributed by atoms with Gasteiger partial charge in [-0.1, -0.05) is 12.1 Å². The summed E-state index contributed by atoms with van der Waals surface area (Å²) in [6, 6.07) is 11.0. The Balaban J connectivity index is 1.51. The average Bonchev–Trinajstić information content (AvgIpc) is 2.54. The fourth-order valence-corrected chi connectivity index (χ4v) is 2.48. The lowest BCUT2D eigenvalue weighted by molar-refractivity contribution is 0.0390. The Morgan fingerprint density at radius 3 is 2.82 bits per heavy atom. The number of carbonyl (C=O) groups excluding carboxylic acids is 1. The van der Waals surface area contributed by atoms with Crippen LogP contribution in [0.1, 0.15) is 10.4 Å². The fraction of sp³-hybridized carbons (Fsp3) is 0.294. The van der Waals surface area contributed by atoms with Gasteiger partial charge in [0.15, 0.2) is 0 Å². The van der Waals surface area contributed by atoms with E-state index >= 15 is 0 Å². The fourth-order valence-electron chi connectivity index (χ4n) is 2.48. The smallest absolute Gasteiger partial charge is 0.257 e. The van der Waals surface area contributed by atoms with Crippen molar-refractivity contribution in [3.63, 3.8) is 0 Å². The highest BCUT2D eigenvalue weighted by Crippen LogP contribution is 2.24. The summed E-state index contributed by atoms with van der Waals surface area (Å²) in [6.07, 6.45) is 3.40. The van der Waals surface area contributed by atoms with Gasteiger partial charge < -0.3 is 14.4 Å². The number of likely N-dealkylation sites (tertiary alicyclic amines) is 1. The lowest BCUT2D eigenvalue weighted by Gasteiger charge is -2.39. The summed E-state index contributed by atoms with van der Waals surface area (Å²) in [6.45, 7) is 2.01. The quantitative estimate of drug-likeness (QED) is 0.849. The van der Waals surface area contributed by atoms with Gasteiger partial charge >= 0.3 is 0 Å². The Hall–Kier alpha value is -2.56. The molecule has 2 aromatic rings. The zero-order valence-electron chi connectivity index (χ0n) is 12.4. The van der Waals surface area contributed by atoms with Crippen LogP contribution in [0.4, 0.5) is 0 Å². The van der Waals surface area contributed by atoms with Crippen molar-refractivity contribution in [3.8, 4) is 11.5 Å². The molecule has 0 radical (unpaired) electrons. The van der Waals surface area contributed by atoms with Crippen molar-refractivity contribution in [1.29, 1.82) is 0 Å². The first-order chi connectivity index (χ1) is 10.8. The number of hydrogen-bond acceptors (Lipinski definition) is 4. The van der Waals surface area contributed by atoms with Gasteiger partial charge in [0.25, 0.3) is 5.91 Å². The number of amides is 1. The molecule has 2 heterocycles. The largest absolute Gasteiger partial charge is 0.496 e. The number of pyridine rings is 1. The minimum Gasteiger partial charge on any atom is -0.496 e. The van der Waals surface area contributed by atoms with E-state index in [4.69, 9.17) is 9.47 Å². The Morgan fingerprint density at radius 1 is 1.27 bits per heavy atom. The number of nitrogens with zero attached hydrogens (tertiary/aromatic N) is 2. The molecule has 0 saturated carbocycles. The van der Waals surface area contributed by atoms with Crippen molar-refractivity contribution >= 4 is 5.91 Å². The third kappa shape index (κ3) is 3.03. The molecule has 1 aliphatic rings. The number of para-hydroxylation sites is 1. The van der Waals surface area contributed by atoms with Crippen LogP contribution < -0.4 is 9.47 Å². The molecular weight excluding hydrogens is 280 g/mol. The van der Waals surface area contributed by atoms with Crippen molar-refractivity contribution in [1.82, 2.24) is 9.88 Å². The van der Waals surface area contributed by atoms with Gasteiger partial charge in [0.1, 0.15) is 11.5 Å². The lowest BCUT2D eigenvalue weighted by Crippen LogP contribution is -2.52. The molecule has 1 aromatic heterocycles. The summed E-state index contributed by atoms with van der Waals surface area (Å²) in [4.78, 5) is 18.2. The maximum atomic E-state index is 12.4. The molecule has 1 saturated heterocycles. The van der Waals surface area contributed by atoms with E-state index in [2.05, 4.69) is 4.98 Å². The molecule has 5 heteroatoms. The van der Waals surface area contributed by atoms with E-state index in [1.807, 2.05) is 29.2 Å². The lowest BCUT2D eigenvalue weighted by atomic mass is 9.99. The highest BCUT2D eigenvalue weighted by atomic mass is 16.5. The molecule has 3 rings (SSSR count). The number of hydrogen-bond donors (Lipinski definition) is 0. The number of methoxy groups -OCH3 is 1. The van der Waals surface area contributed by atoms with Crippen LogP contribution in [0.25, 0.3) is 0 Å². The molecule has 0 aliphatic carbocycles. The van der Waals surface area contributed by atoms with E-state index in [-0.39, 0.29) is 5.91 Å². The van der Waals surface area contributed by atoms with Crippen LogP contribution in [0.2, 0.25) is 0 Å². The zero-order chi connectivity index (χ0) is 15.4. The molecule has 22 heavy (non-hydrogen) atoms. The van der Waals surface area contributed by atoms with Crippen molar-refractivity contribution in [3.05, 3.63) is 54.4 Å². The van der Waals surface area contributed by atoms with E-state index in [0.29, 0.717) is 36.9 Å². The van der Waals surface area contributed by atoms with Gasteiger partial charge in [0.2, 0.25) is 0 Å². The first-order valence-electron chi connectivity index (χ1n) is 7.23. The minimum atomic E-state index is 0.00933. The number of benzene rings is 1. The molecule has 1 aromatic carbocycles. The second-order valence-electron chi connectivity index (χ2n) is 5.28. The van der Waals surface area contributed by atoms with Gasteiger partial charge in [-0.25, -0.2) is 0 Å². The second kappa shape index (κ2) is 6.47. The Morgan fingerprint density at radius 2 is 2.09 bits per heavy atom. The molecule has 1 aliphatic heterocycles. The van der Waals surface area contributed by atoms with Gasteiger partial charge in [0.05, 0.1) is 25.5 Å². The van der Waals surface area contributed by atoms with Crippen LogP contribution in [-0.4, -0.2) is 42.6 Å². The standard InChI is InChI=1S/C17H18N2O3/c1-21-16-7-3-2-6-15(16)17(20)19-10-13(11-19)12-22-14-5-4-8-18-9-14/h2-9,13H,10-12H2,1H3. The molecule has 0 bridgehead atoms. The molecular formula is C17H18N2O3. The zero-order valence-corrected chi connectivity index (χ0v) is 12.4. The Labute approximate surface area is 129 Å². The van der Waals surface area contributed by atoms with Crippen molar-refractivity contribution in [2.75, 3.05) is 26.8 Å². The monoisotopic (exact) mass is 298 g/mol. The molecule has 1 fully saturated rings. The summed E-state index contributed by atoms with van der Waals surface area (Å²) in [7, 11) is 1.58. The van der Waals surface area contributed by atoms with Crippen LogP contribution in [0.15, 0.2) is 48.8 Å². The third-order valence-corrected chi connectivity index (χ3v) is 3.70. The van der Waals surface area contributed by atoms with Gasteiger partial charge in [-0.05, 0) is 24.3 Å². The predicted molar refractivity (Wildman–Crippen MR) is 82.1 cm³/mol. The maximum Gasteiger partial charge on any atom is 0.257 e. The van der Waals surface area contributed by atoms with Crippen molar-refractivity contribution < 1.29 is 14.3 Å². The van der Waals surface area contributed by atoms with Crippen molar-refractivity contribution in [2.24, 2.45) is 5.92 Å². The average molecular weight is 298 g/mol. The highest BCUT2D eigenvalue weighted by molar-refractivity contribution is 5.97. The van der Waals surface area contributed by atoms with Crippen LogP contribution in [0, 0.1) is 5.92 Å². The van der Waals surface area contributed by atoms with Gasteiger partial charge in [-0.2, -0.15) is 0 Å². The predicted octanol–water partition coefficient (Wildman–Crippen LogP) is 2.24. The third-order valence-electron chi connectivity index (χ3n) is 3.70. The molecule has 0 spiro atoms. The van der Waals surface area contributed by atoms with E-state index in [1.54, 1.807) is 31.6 Å². The van der Waals surface area contributed by atoms with Crippen molar-refractivity contribution in [2.45, 2.75) is 0 Å². The SMILES string of the molecule is COc1ccccc1C(=O)N1CC(COc2cccnc2)C1. The first-order valence-corrected chi connectivity index (χ1v) is 7.23. The number of ether oxygens (including phenoxy) is 2. The second-order valence-corrected chi connectivity index (χ2v) is 5.28. The van der Waals surface area contributed by atoms with Crippen LogP contribution >= 0.6 is 0 Å². The number of rotatable bonds is 5. The number of aromatic nitrogens is 1. The van der Waals surface area contributed by atoms with Crippen LogP contribution in [0.3, 0.4) is 0 Å². The maximum absolute atomic E-state index is 12.4. The Bertz CT molecular complexity index is 639. The van der Waals surface area contributed by atoms with Crippen LogP contribution in [0.5, 0.6) is 11.5 Å². The Kier molecular flexibility index (Phi) is 4.23. The molecule has 5 nitrogen and oxygen atoms in total. The molecule has 0 N–H and O–H groups in total. The first kappa shape index (κ1) is 14.4. The topological polar surface area (TPSA) is 51.7 Å². The van der Waals surface area contributed by atoms with Crippen LogP contribution in [-0.2, 0) is 0 Å². The minimum absolute atomic E-state index is 0.00933. The van der Waals surface area contributed by atoms with Gasteiger partial charge in [-0.3, -0.25) is 9.78 Å². The van der Waals surface area contributed by atoms with Gasteiger partial charge in [-0.15, -0.1) is 0 Å². The summed E-state index contributed by atoms with van der Waals surface area (Å²) < 4.78 is 10.9. The summed E-state index contributed by atoms with van der Waals surface area (Å²) >= 11 is 0. The van der Waals surface area contributed by atoms with E-state index < -0.39 is 0 Å². The van der Waals surface area contributed by atoms with Gasteiger partial charge in [0, 0.05) is 25.2 Å². The summed E-state index contributed by atoms with van der Waals surface area (Å²) in [5.41, 5.74) is 0.608. The molecule has 1 amide bonds. The highest BCUT2D eigenvalue weighted by Gasteiger charge is 2.32. The van der Waals surface area contributed by atoms with E-state index in [0.717, 1.165) is 5.75 Å². The normalized spacial score (nSPS) is 14.3. The number of carbonyl (C=O) groups is 1. The summed E-state index contributed by atoms with van der Waals surface area (Å²) in [5.74, 6) is 1.74. The summed E-state index contributed by atoms with van der Waals surface area (Å²) in [5, 5.41) is 0. The molecule has 114 valence electrons. The molecule has 0 unspecified atom stereocenters.